The number of halogens is 2. The largest absolute Gasteiger partial charge is 0.240 e. The Labute approximate surface area is 121 Å². The Kier molecular flexibility index (Phi) is 3.28. The van der Waals surface area contributed by atoms with Gasteiger partial charge in [-0.25, -0.2) is 4.68 Å². The van der Waals surface area contributed by atoms with Crippen molar-refractivity contribution in [2.75, 3.05) is 0 Å². The van der Waals surface area contributed by atoms with Crippen LogP contribution >= 0.6 is 23.2 Å². The van der Waals surface area contributed by atoms with Gasteiger partial charge in [-0.3, -0.25) is 0 Å². The van der Waals surface area contributed by atoms with E-state index in [-0.39, 0.29) is 0 Å². The quantitative estimate of drug-likeness (QED) is 0.659. The zero-order valence-electron chi connectivity index (χ0n) is 9.92. The molecule has 0 saturated heterocycles. The molecule has 0 saturated carbocycles. The molecule has 0 aliphatic rings. The molecule has 94 valence electrons. The normalized spacial score (nSPS) is 10.6. The van der Waals surface area contributed by atoms with Crippen LogP contribution in [-0.4, -0.2) is 9.78 Å². The van der Waals surface area contributed by atoms with Crippen LogP contribution in [0.4, 0.5) is 0 Å². The lowest BCUT2D eigenvalue weighted by molar-refractivity contribution is 0.881. The smallest absolute Gasteiger partial charge is 0.0646 e. The molecule has 0 bridgehead atoms. The second-order valence-corrected chi connectivity index (χ2v) is 4.97. The van der Waals surface area contributed by atoms with Crippen molar-refractivity contribution in [3.63, 3.8) is 0 Å². The predicted octanol–water partition coefficient (Wildman–Crippen LogP) is 4.85. The molecule has 3 rings (SSSR count). The number of rotatable bonds is 2. The molecule has 0 atom stereocenters. The summed E-state index contributed by atoms with van der Waals surface area (Å²) in [5.74, 6) is 0. The highest BCUT2D eigenvalue weighted by Crippen LogP contribution is 2.27. The van der Waals surface area contributed by atoms with E-state index in [1.807, 2.05) is 54.7 Å². The highest BCUT2D eigenvalue weighted by molar-refractivity contribution is 6.33. The standard InChI is InChI=1S/C15H10Cl2N2/c16-12-5-7-13(8-6-12)19-10-11(9-18-19)14-3-1-2-4-15(14)17/h1-10H. The fourth-order valence-electron chi connectivity index (χ4n) is 1.89. The van der Waals surface area contributed by atoms with Gasteiger partial charge in [-0.05, 0) is 30.3 Å². The number of hydrogen-bond acceptors (Lipinski definition) is 1. The zero-order chi connectivity index (χ0) is 13.2. The molecule has 0 aliphatic carbocycles. The summed E-state index contributed by atoms with van der Waals surface area (Å²) in [5, 5.41) is 5.78. The number of aromatic nitrogens is 2. The Balaban J connectivity index is 2.00. The van der Waals surface area contributed by atoms with Crippen LogP contribution in [0.15, 0.2) is 60.9 Å². The van der Waals surface area contributed by atoms with Crippen molar-refractivity contribution in [2.24, 2.45) is 0 Å². The van der Waals surface area contributed by atoms with Gasteiger partial charge in [-0.15, -0.1) is 0 Å². The van der Waals surface area contributed by atoms with E-state index >= 15 is 0 Å². The summed E-state index contributed by atoms with van der Waals surface area (Å²) >= 11 is 12.1. The van der Waals surface area contributed by atoms with Gasteiger partial charge in [0, 0.05) is 27.4 Å². The summed E-state index contributed by atoms with van der Waals surface area (Å²) in [6.07, 6.45) is 3.75. The van der Waals surface area contributed by atoms with Gasteiger partial charge in [0.2, 0.25) is 0 Å². The van der Waals surface area contributed by atoms with Crippen LogP contribution in [0.25, 0.3) is 16.8 Å². The number of hydrogen-bond donors (Lipinski definition) is 0. The van der Waals surface area contributed by atoms with Crippen LogP contribution in [0.5, 0.6) is 0 Å². The van der Waals surface area contributed by atoms with Crippen molar-refractivity contribution >= 4 is 23.2 Å². The van der Waals surface area contributed by atoms with Crippen LogP contribution in [0, 0.1) is 0 Å². The van der Waals surface area contributed by atoms with Crippen LogP contribution in [-0.2, 0) is 0 Å². The molecule has 1 heterocycles. The zero-order valence-corrected chi connectivity index (χ0v) is 11.4. The van der Waals surface area contributed by atoms with Crippen molar-refractivity contribution in [2.45, 2.75) is 0 Å². The van der Waals surface area contributed by atoms with Gasteiger partial charge >= 0.3 is 0 Å². The Morgan fingerprint density at radius 2 is 1.63 bits per heavy atom. The minimum Gasteiger partial charge on any atom is -0.240 e. The predicted molar refractivity (Wildman–Crippen MR) is 79.0 cm³/mol. The third-order valence-electron chi connectivity index (χ3n) is 2.86. The summed E-state index contributed by atoms with van der Waals surface area (Å²) < 4.78 is 1.80. The van der Waals surface area contributed by atoms with Crippen molar-refractivity contribution in [1.29, 1.82) is 0 Å². The van der Waals surface area contributed by atoms with E-state index in [4.69, 9.17) is 23.2 Å². The van der Waals surface area contributed by atoms with E-state index in [1.165, 1.54) is 0 Å². The molecule has 0 amide bonds. The van der Waals surface area contributed by atoms with Gasteiger partial charge in [0.1, 0.15) is 0 Å². The fourth-order valence-corrected chi connectivity index (χ4v) is 2.26. The second kappa shape index (κ2) is 5.08. The van der Waals surface area contributed by atoms with Crippen LogP contribution in [0.2, 0.25) is 10.0 Å². The van der Waals surface area contributed by atoms with Gasteiger partial charge in [0.05, 0.1) is 11.9 Å². The van der Waals surface area contributed by atoms with Crippen LogP contribution in [0.1, 0.15) is 0 Å². The first-order valence-electron chi connectivity index (χ1n) is 5.79. The molecule has 0 aliphatic heterocycles. The Hall–Kier alpha value is -1.77. The van der Waals surface area contributed by atoms with E-state index < -0.39 is 0 Å². The summed E-state index contributed by atoms with van der Waals surface area (Å²) in [6.45, 7) is 0. The summed E-state index contributed by atoms with van der Waals surface area (Å²) in [4.78, 5) is 0. The van der Waals surface area contributed by atoms with E-state index in [0.29, 0.717) is 5.02 Å². The highest BCUT2D eigenvalue weighted by Gasteiger charge is 2.06. The lowest BCUT2D eigenvalue weighted by atomic mass is 10.1. The van der Waals surface area contributed by atoms with E-state index in [0.717, 1.165) is 21.8 Å². The summed E-state index contributed by atoms with van der Waals surface area (Å²) in [7, 11) is 0. The van der Waals surface area contributed by atoms with Crippen molar-refractivity contribution in [3.8, 4) is 16.8 Å². The molecule has 1 aromatic heterocycles. The first-order valence-corrected chi connectivity index (χ1v) is 6.55. The minimum absolute atomic E-state index is 0.710. The van der Waals surface area contributed by atoms with Gasteiger partial charge in [-0.2, -0.15) is 5.10 Å². The van der Waals surface area contributed by atoms with Gasteiger partial charge in [-0.1, -0.05) is 41.4 Å². The van der Waals surface area contributed by atoms with Gasteiger partial charge in [0.15, 0.2) is 0 Å². The Bertz CT molecular complexity index is 702. The van der Waals surface area contributed by atoms with Crippen molar-refractivity contribution in [3.05, 3.63) is 71.0 Å². The molecule has 2 nitrogen and oxygen atoms in total. The molecule has 0 radical (unpaired) electrons. The minimum atomic E-state index is 0.710. The fraction of sp³-hybridized carbons (Fsp3) is 0. The molecular formula is C15H10Cl2N2. The molecule has 0 unspecified atom stereocenters. The first-order chi connectivity index (χ1) is 9.24. The maximum atomic E-state index is 6.18. The van der Waals surface area contributed by atoms with E-state index in [9.17, 15) is 0 Å². The van der Waals surface area contributed by atoms with Crippen molar-refractivity contribution in [1.82, 2.24) is 9.78 Å². The summed E-state index contributed by atoms with van der Waals surface area (Å²) in [6, 6.07) is 15.2. The van der Waals surface area contributed by atoms with Crippen LogP contribution < -0.4 is 0 Å². The third-order valence-corrected chi connectivity index (χ3v) is 3.44. The van der Waals surface area contributed by atoms with E-state index in [1.54, 1.807) is 10.9 Å². The average molecular weight is 289 g/mol. The second-order valence-electron chi connectivity index (χ2n) is 4.13. The van der Waals surface area contributed by atoms with E-state index in [2.05, 4.69) is 5.10 Å². The van der Waals surface area contributed by atoms with Crippen LogP contribution in [0.3, 0.4) is 0 Å². The Morgan fingerprint density at radius 3 is 2.37 bits per heavy atom. The third kappa shape index (κ3) is 2.50. The first kappa shape index (κ1) is 12.3. The number of nitrogens with zero attached hydrogens (tertiary/aromatic N) is 2. The molecule has 2 aromatic carbocycles. The SMILES string of the molecule is Clc1ccc(-n2cc(-c3ccccc3Cl)cn2)cc1. The molecular weight excluding hydrogens is 279 g/mol. The highest BCUT2D eigenvalue weighted by atomic mass is 35.5. The average Bonchev–Trinajstić information content (AvgIpc) is 2.89. The topological polar surface area (TPSA) is 17.8 Å². The van der Waals surface area contributed by atoms with Crippen molar-refractivity contribution < 1.29 is 0 Å². The monoisotopic (exact) mass is 288 g/mol. The molecule has 19 heavy (non-hydrogen) atoms. The molecule has 0 fully saturated rings. The molecule has 3 aromatic rings. The molecule has 0 spiro atoms. The van der Waals surface area contributed by atoms with Gasteiger partial charge < -0.3 is 0 Å². The molecule has 4 heteroatoms. The maximum Gasteiger partial charge on any atom is 0.0646 e. The number of benzene rings is 2. The lowest BCUT2D eigenvalue weighted by Crippen LogP contribution is -1.92. The summed E-state index contributed by atoms with van der Waals surface area (Å²) in [5.41, 5.74) is 2.92. The van der Waals surface area contributed by atoms with Gasteiger partial charge in [0.25, 0.3) is 0 Å². The maximum absolute atomic E-state index is 6.18. The Morgan fingerprint density at radius 1 is 0.895 bits per heavy atom. The lowest BCUT2D eigenvalue weighted by Gasteiger charge is -2.01. The molecule has 0 N–H and O–H groups in total.